The number of ether oxygens (including phenoxy) is 4. The molecule has 0 spiro atoms. The first-order chi connectivity index (χ1) is 6.29. The van der Waals surface area contributed by atoms with E-state index >= 15 is 0 Å². The summed E-state index contributed by atoms with van der Waals surface area (Å²) in [7, 11) is 0. The highest BCUT2D eigenvalue weighted by Gasteiger charge is 2.38. The molecule has 0 amide bonds. The summed E-state index contributed by atoms with van der Waals surface area (Å²) in [6.45, 7) is 2.66. The van der Waals surface area contributed by atoms with E-state index in [0.29, 0.717) is 6.61 Å². The van der Waals surface area contributed by atoms with Gasteiger partial charge in [-0.15, -0.1) is 0 Å². The predicted octanol–water partition coefficient (Wildman–Crippen LogP) is -0.518. The van der Waals surface area contributed by atoms with E-state index in [-0.39, 0.29) is 31.9 Å². The van der Waals surface area contributed by atoms with Crippen molar-refractivity contribution in [3.05, 3.63) is 0 Å². The van der Waals surface area contributed by atoms with Crippen LogP contribution in [-0.2, 0) is 18.9 Å². The van der Waals surface area contributed by atoms with Gasteiger partial charge in [0.15, 0.2) is 0 Å². The van der Waals surface area contributed by atoms with E-state index in [9.17, 15) is 5.11 Å². The Morgan fingerprint density at radius 1 is 1.15 bits per heavy atom. The molecule has 0 aromatic carbocycles. The van der Waals surface area contributed by atoms with Gasteiger partial charge >= 0.3 is 0 Å². The summed E-state index contributed by atoms with van der Waals surface area (Å²) in [5.74, 6) is 0. The van der Waals surface area contributed by atoms with Crippen LogP contribution in [-0.4, -0.2) is 49.7 Å². The summed E-state index contributed by atoms with van der Waals surface area (Å²) < 4.78 is 20.8. The van der Waals surface area contributed by atoms with Crippen molar-refractivity contribution in [3.63, 3.8) is 0 Å². The second-order valence-electron chi connectivity index (χ2n) is 3.31. The summed E-state index contributed by atoms with van der Waals surface area (Å²) in [4.78, 5) is 0. The first-order valence-corrected chi connectivity index (χ1v) is 4.39. The Balaban J connectivity index is 2.06. The standard InChI is InChI=1S/C8H14O5/c1-5-7(9)8-6(12-4-11-5)2-10-3-13-8/h5-9H,2-4H2,1H3/t5-,6-,7-,8+/m1/s1. The molecule has 1 N–H and O–H groups in total. The molecule has 0 aromatic rings. The molecule has 5 heteroatoms. The second-order valence-corrected chi connectivity index (χ2v) is 3.31. The Hall–Kier alpha value is -0.200. The summed E-state index contributed by atoms with van der Waals surface area (Å²) in [6.07, 6.45) is -1.44. The van der Waals surface area contributed by atoms with Crippen molar-refractivity contribution >= 4 is 0 Å². The maximum Gasteiger partial charge on any atom is 0.147 e. The van der Waals surface area contributed by atoms with Gasteiger partial charge in [0, 0.05) is 0 Å². The summed E-state index contributed by atoms with van der Waals surface area (Å²) in [6, 6.07) is 0. The van der Waals surface area contributed by atoms with Crippen LogP contribution in [0.15, 0.2) is 0 Å². The smallest absolute Gasteiger partial charge is 0.147 e. The van der Waals surface area contributed by atoms with Crippen molar-refractivity contribution in [1.29, 1.82) is 0 Å². The fourth-order valence-corrected chi connectivity index (χ4v) is 1.55. The van der Waals surface area contributed by atoms with E-state index in [0.717, 1.165) is 0 Å². The van der Waals surface area contributed by atoms with Crippen molar-refractivity contribution < 1.29 is 24.1 Å². The third kappa shape index (κ3) is 1.84. The van der Waals surface area contributed by atoms with Crippen LogP contribution < -0.4 is 0 Å². The first kappa shape index (κ1) is 9.36. The number of aliphatic hydroxyl groups is 1. The molecular weight excluding hydrogens is 176 g/mol. The molecule has 0 aliphatic carbocycles. The van der Waals surface area contributed by atoms with Crippen LogP contribution in [0, 0.1) is 0 Å². The molecule has 2 fully saturated rings. The van der Waals surface area contributed by atoms with E-state index in [1.165, 1.54) is 0 Å². The normalized spacial score (nSPS) is 46.6. The third-order valence-corrected chi connectivity index (χ3v) is 2.42. The number of aliphatic hydroxyl groups excluding tert-OH is 1. The Kier molecular flexibility index (Phi) is 2.80. The van der Waals surface area contributed by atoms with Crippen molar-refractivity contribution in [2.45, 2.75) is 31.3 Å². The quantitative estimate of drug-likeness (QED) is 0.557. The average Bonchev–Trinajstić information content (AvgIpc) is 2.29. The van der Waals surface area contributed by atoms with Crippen molar-refractivity contribution in [3.8, 4) is 0 Å². The Labute approximate surface area is 76.5 Å². The second kappa shape index (κ2) is 3.89. The number of rotatable bonds is 0. The lowest BCUT2D eigenvalue weighted by atomic mass is 10.0. The van der Waals surface area contributed by atoms with Crippen LogP contribution in [0.4, 0.5) is 0 Å². The monoisotopic (exact) mass is 190 g/mol. The molecule has 0 saturated carbocycles. The molecule has 0 bridgehead atoms. The number of hydrogen-bond donors (Lipinski definition) is 1. The van der Waals surface area contributed by atoms with Gasteiger partial charge in [0.2, 0.25) is 0 Å². The van der Waals surface area contributed by atoms with Gasteiger partial charge < -0.3 is 24.1 Å². The van der Waals surface area contributed by atoms with Crippen LogP contribution >= 0.6 is 0 Å². The molecular formula is C8H14O5. The van der Waals surface area contributed by atoms with Gasteiger partial charge in [0.25, 0.3) is 0 Å². The lowest BCUT2D eigenvalue weighted by Gasteiger charge is -2.32. The van der Waals surface area contributed by atoms with E-state index in [1.54, 1.807) is 6.92 Å². The fourth-order valence-electron chi connectivity index (χ4n) is 1.55. The van der Waals surface area contributed by atoms with E-state index in [4.69, 9.17) is 18.9 Å². The van der Waals surface area contributed by atoms with Crippen molar-refractivity contribution in [1.82, 2.24) is 0 Å². The van der Waals surface area contributed by atoms with Crippen LogP contribution in [0.3, 0.4) is 0 Å². The maximum absolute atomic E-state index is 9.77. The minimum atomic E-state index is -0.642. The summed E-state index contributed by atoms with van der Waals surface area (Å²) in [5, 5.41) is 9.77. The Morgan fingerprint density at radius 2 is 2.00 bits per heavy atom. The molecule has 0 radical (unpaired) electrons. The Bertz CT molecular complexity index is 172. The van der Waals surface area contributed by atoms with Gasteiger partial charge in [-0.3, -0.25) is 0 Å². The Morgan fingerprint density at radius 3 is 2.85 bits per heavy atom. The first-order valence-electron chi connectivity index (χ1n) is 4.39. The molecule has 5 nitrogen and oxygen atoms in total. The van der Waals surface area contributed by atoms with Gasteiger partial charge in [-0.25, -0.2) is 0 Å². The largest absolute Gasteiger partial charge is 0.388 e. The maximum atomic E-state index is 9.77. The van der Waals surface area contributed by atoms with Crippen molar-refractivity contribution in [2.24, 2.45) is 0 Å². The molecule has 2 aliphatic rings. The molecule has 2 heterocycles. The van der Waals surface area contributed by atoms with Crippen LogP contribution in [0.5, 0.6) is 0 Å². The van der Waals surface area contributed by atoms with Gasteiger partial charge in [-0.05, 0) is 6.92 Å². The summed E-state index contributed by atoms with van der Waals surface area (Å²) >= 11 is 0. The molecule has 0 aromatic heterocycles. The molecule has 2 rings (SSSR count). The fraction of sp³-hybridized carbons (Fsp3) is 1.00. The SMILES string of the molecule is C[C@H]1OCO[C@@H]2COCO[C@@H]2[C@@H]1O. The van der Waals surface area contributed by atoms with Crippen molar-refractivity contribution in [2.75, 3.05) is 20.2 Å². The molecule has 76 valence electrons. The zero-order valence-corrected chi connectivity index (χ0v) is 7.51. The van der Waals surface area contributed by atoms with Gasteiger partial charge in [0.05, 0.1) is 12.7 Å². The van der Waals surface area contributed by atoms with Gasteiger partial charge in [0.1, 0.15) is 31.9 Å². The molecule has 4 atom stereocenters. The zero-order chi connectivity index (χ0) is 9.26. The highest BCUT2D eigenvalue weighted by atomic mass is 16.7. The van der Waals surface area contributed by atoms with Crippen LogP contribution in [0.2, 0.25) is 0 Å². The lowest BCUT2D eigenvalue weighted by molar-refractivity contribution is -0.226. The lowest BCUT2D eigenvalue weighted by Crippen LogP contribution is -2.49. The van der Waals surface area contributed by atoms with Gasteiger partial charge in [-0.2, -0.15) is 0 Å². The van der Waals surface area contributed by atoms with Crippen LogP contribution in [0.25, 0.3) is 0 Å². The summed E-state index contributed by atoms with van der Waals surface area (Å²) in [5.41, 5.74) is 0. The molecule has 2 saturated heterocycles. The number of fused-ring (bicyclic) bond motifs is 1. The average molecular weight is 190 g/mol. The highest BCUT2D eigenvalue weighted by Crippen LogP contribution is 2.21. The molecule has 0 unspecified atom stereocenters. The minimum absolute atomic E-state index is 0.187. The van der Waals surface area contributed by atoms with E-state index in [1.807, 2.05) is 0 Å². The minimum Gasteiger partial charge on any atom is -0.388 e. The van der Waals surface area contributed by atoms with E-state index in [2.05, 4.69) is 0 Å². The number of hydrogen-bond acceptors (Lipinski definition) is 5. The predicted molar refractivity (Wildman–Crippen MR) is 42.0 cm³/mol. The van der Waals surface area contributed by atoms with Gasteiger partial charge in [-0.1, -0.05) is 0 Å². The highest BCUT2D eigenvalue weighted by molar-refractivity contribution is 4.84. The topological polar surface area (TPSA) is 57.2 Å². The zero-order valence-electron chi connectivity index (χ0n) is 7.51. The van der Waals surface area contributed by atoms with Crippen LogP contribution in [0.1, 0.15) is 6.92 Å². The third-order valence-electron chi connectivity index (χ3n) is 2.42. The molecule has 2 aliphatic heterocycles. The van der Waals surface area contributed by atoms with E-state index < -0.39 is 6.10 Å². The molecule has 13 heavy (non-hydrogen) atoms.